The molecule has 4 nitrogen and oxygen atoms in total. The number of benzene rings is 3. The van der Waals surface area contributed by atoms with Crippen molar-refractivity contribution in [1.82, 2.24) is 0 Å². The monoisotopic (exact) mass is 485 g/mol. The first-order valence-electron chi connectivity index (χ1n) is 8.68. The zero-order chi connectivity index (χ0) is 19.8. The first-order chi connectivity index (χ1) is 13.7. The molecule has 0 saturated heterocycles. The molecule has 0 radical (unpaired) electrons. The van der Waals surface area contributed by atoms with E-state index in [0.717, 1.165) is 26.3 Å². The first kappa shape index (κ1) is 19.9. The van der Waals surface area contributed by atoms with Gasteiger partial charge in [-0.15, -0.1) is 0 Å². The van der Waals surface area contributed by atoms with Gasteiger partial charge in [0.25, 0.3) is 0 Å². The van der Waals surface area contributed by atoms with Crippen molar-refractivity contribution in [2.24, 2.45) is 4.99 Å². The molecule has 3 rings (SSSR count). The van der Waals surface area contributed by atoms with Gasteiger partial charge in [0.05, 0.1) is 16.4 Å². The van der Waals surface area contributed by atoms with Crippen LogP contribution in [0.15, 0.2) is 84.4 Å². The van der Waals surface area contributed by atoms with Crippen molar-refractivity contribution >= 4 is 34.5 Å². The number of halogens is 1. The van der Waals surface area contributed by atoms with E-state index in [1.807, 2.05) is 66.7 Å². The molecular weight excluding hydrogens is 465 g/mol. The van der Waals surface area contributed by atoms with Gasteiger partial charge in [0.15, 0.2) is 11.5 Å². The molecule has 0 unspecified atom stereocenters. The van der Waals surface area contributed by atoms with E-state index in [0.29, 0.717) is 18.1 Å². The van der Waals surface area contributed by atoms with E-state index in [-0.39, 0.29) is 0 Å². The zero-order valence-corrected chi connectivity index (χ0v) is 17.6. The van der Waals surface area contributed by atoms with Crippen LogP contribution in [0.4, 0.5) is 5.69 Å². The van der Waals surface area contributed by atoms with E-state index < -0.39 is 0 Å². The van der Waals surface area contributed by atoms with Crippen LogP contribution in [0.2, 0.25) is 0 Å². The Morgan fingerprint density at radius 3 is 2.39 bits per heavy atom. The van der Waals surface area contributed by atoms with Crippen molar-refractivity contribution in [3.63, 3.8) is 0 Å². The Labute approximate surface area is 178 Å². The van der Waals surface area contributed by atoms with Gasteiger partial charge in [-0.1, -0.05) is 30.9 Å². The number of nitrogens with zero attached hydrogens (tertiary/aromatic N) is 1. The molecule has 5 heteroatoms. The van der Waals surface area contributed by atoms with Gasteiger partial charge in [0.1, 0.15) is 18.1 Å². The highest BCUT2D eigenvalue weighted by Crippen LogP contribution is 2.33. The molecule has 0 amide bonds. The SMILES string of the molecule is C=CCOc1c(I)cc(C=Nc2ccc(Oc3ccccc3)cc2)cc1OC. The summed E-state index contributed by atoms with van der Waals surface area (Å²) in [4.78, 5) is 4.54. The fourth-order valence-electron chi connectivity index (χ4n) is 2.47. The van der Waals surface area contributed by atoms with Crippen LogP contribution in [-0.2, 0) is 0 Å². The van der Waals surface area contributed by atoms with Gasteiger partial charge < -0.3 is 14.2 Å². The summed E-state index contributed by atoms with van der Waals surface area (Å²) in [7, 11) is 1.62. The molecule has 0 heterocycles. The average molecular weight is 485 g/mol. The second kappa shape index (κ2) is 9.94. The molecular formula is C23H20INO3. The number of hydrogen-bond donors (Lipinski definition) is 0. The number of ether oxygens (including phenoxy) is 3. The Kier molecular flexibility index (Phi) is 7.08. The summed E-state index contributed by atoms with van der Waals surface area (Å²) in [6.45, 7) is 4.10. The first-order valence-corrected chi connectivity index (χ1v) is 9.75. The fraction of sp³-hybridized carbons (Fsp3) is 0.0870. The van der Waals surface area contributed by atoms with Crippen molar-refractivity contribution in [3.8, 4) is 23.0 Å². The molecule has 0 atom stereocenters. The lowest BCUT2D eigenvalue weighted by Gasteiger charge is -2.12. The van der Waals surface area contributed by atoms with Crippen molar-refractivity contribution in [3.05, 3.63) is 88.5 Å². The molecule has 0 aliphatic heterocycles. The van der Waals surface area contributed by atoms with E-state index >= 15 is 0 Å². The third-order valence-electron chi connectivity index (χ3n) is 3.78. The minimum atomic E-state index is 0.428. The van der Waals surface area contributed by atoms with Crippen LogP contribution in [0.25, 0.3) is 0 Å². The van der Waals surface area contributed by atoms with Crippen LogP contribution in [0, 0.1) is 3.57 Å². The summed E-state index contributed by atoms with van der Waals surface area (Å²) in [6, 6.07) is 21.2. The molecule has 0 aliphatic rings. The minimum Gasteiger partial charge on any atom is -0.493 e. The van der Waals surface area contributed by atoms with Crippen molar-refractivity contribution in [1.29, 1.82) is 0 Å². The number of hydrogen-bond acceptors (Lipinski definition) is 4. The van der Waals surface area contributed by atoms with Gasteiger partial charge in [-0.25, -0.2) is 0 Å². The van der Waals surface area contributed by atoms with Gasteiger partial charge in [-0.05, 0) is 76.7 Å². The van der Waals surface area contributed by atoms with E-state index in [1.54, 1.807) is 19.4 Å². The normalized spacial score (nSPS) is 10.6. The lowest BCUT2D eigenvalue weighted by Crippen LogP contribution is -1.99. The maximum Gasteiger partial charge on any atom is 0.174 e. The summed E-state index contributed by atoms with van der Waals surface area (Å²) in [6.07, 6.45) is 3.51. The van der Waals surface area contributed by atoms with Crippen molar-refractivity contribution < 1.29 is 14.2 Å². The molecule has 0 bridgehead atoms. The third kappa shape index (κ3) is 5.36. The Hall–Kier alpha value is -2.80. The molecule has 3 aromatic rings. The average Bonchev–Trinajstić information content (AvgIpc) is 2.73. The highest BCUT2D eigenvalue weighted by Gasteiger charge is 2.10. The van der Waals surface area contributed by atoms with E-state index in [1.165, 1.54) is 0 Å². The smallest absolute Gasteiger partial charge is 0.174 e. The van der Waals surface area contributed by atoms with Crippen LogP contribution in [0.5, 0.6) is 23.0 Å². The second-order valence-corrected chi connectivity index (χ2v) is 6.96. The Bertz CT molecular complexity index is 954. The molecule has 0 saturated carbocycles. The van der Waals surface area contributed by atoms with Crippen LogP contribution in [0.3, 0.4) is 0 Å². The van der Waals surface area contributed by atoms with Crippen molar-refractivity contribution in [2.75, 3.05) is 13.7 Å². The number of para-hydroxylation sites is 1. The topological polar surface area (TPSA) is 40.0 Å². The summed E-state index contributed by atoms with van der Waals surface area (Å²) in [5.74, 6) is 2.95. The standard InChI is InChI=1S/C23H20INO3/c1-3-13-27-23-21(24)14-17(15-22(23)26-2)16-25-18-9-11-20(12-10-18)28-19-7-5-4-6-8-19/h3-12,14-16H,1,13H2,2H3. The molecule has 0 N–H and O–H groups in total. The van der Waals surface area contributed by atoms with Gasteiger partial charge in [-0.2, -0.15) is 0 Å². The van der Waals surface area contributed by atoms with Gasteiger partial charge >= 0.3 is 0 Å². The third-order valence-corrected chi connectivity index (χ3v) is 4.58. The molecule has 28 heavy (non-hydrogen) atoms. The Balaban J connectivity index is 1.72. The molecule has 0 fully saturated rings. The van der Waals surface area contributed by atoms with Gasteiger partial charge in [-0.3, -0.25) is 4.99 Å². The molecule has 0 aromatic heterocycles. The van der Waals surface area contributed by atoms with Crippen LogP contribution < -0.4 is 14.2 Å². The van der Waals surface area contributed by atoms with Crippen LogP contribution >= 0.6 is 22.6 Å². The number of aliphatic imine (C=N–C) groups is 1. The summed E-state index contributed by atoms with van der Waals surface area (Å²) < 4.78 is 17.9. The lowest BCUT2D eigenvalue weighted by atomic mass is 10.2. The Morgan fingerprint density at radius 2 is 1.71 bits per heavy atom. The molecule has 0 spiro atoms. The zero-order valence-electron chi connectivity index (χ0n) is 15.5. The lowest BCUT2D eigenvalue weighted by molar-refractivity contribution is 0.324. The number of methoxy groups -OCH3 is 1. The van der Waals surface area contributed by atoms with Gasteiger partial charge in [0.2, 0.25) is 0 Å². The fourth-order valence-corrected chi connectivity index (χ4v) is 3.25. The second-order valence-electron chi connectivity index (χ2n) is 5.80. The Morgan fingerprint density at radius 1 is 1.00 bits per heavy atom. The summed E-state index contributed by atoms with van der Waals surface area (Å²) in [5, 5.41) is 0. The van der Waals surface area contributed by atoms with E-state index in [4.69, 9.17) is 14.2 Å². The maximum absolute atomic E-state index is 5.80. The van der Waals surface area contributed by atoms with Crippen LogP contribution in [-0.4, -0.2) is 19.9 Å². The molecule has 142 valence electrons. The van der Waals surface area contributed by atoms with E-state index in [2.05, 4.69) is 34.2 Å². The van der Waals surface area contributed by atoms with Gasteiger partial charge in [0, 0.05) is 6.21 Å². The summed E-state index contributed by atoms with van der Waals surface area (Å²) in [5.41, 5.74) is 1.76. The predicted octanol–water partition coefficient (Wildman–Crippen LogP) is 6.41. The highest BCUT2D eigenvalue weighted by atomic mass is 127. The minimum absolute atomic E-state index is 0.428. The summed E-state index contributed by atoms with van der Waals surface area (Å²) >= 11 is 2.23. The predicted molar refractivity (Wildman–Crippen MR) is 122 cm³/mol. The van der Waals surface area contributed by atoms with Crippen molar-refractivity contribution in [2.45, 2.75) is 0 Å². The highest BCUT2D eigenvalue weighted by molar-refractivity contribution is 14.1. The maximum atomic E-state index is 5.80. The number of rotatable bonds is 8. The molecule has 3 aromatic carbocycles. The quantitative estimate of drug-likeness (QED) is 0.210. The largest absolute Gasteiger partial charge is 0.493 e. The van der Waals surface area contributed by atoms with Crippen LogP contribution in [0.1, 0.15) is 5.56 Å². The molecule has 0 aliphatic carbocycles. The van der Waals surface area contributed by atoms with E-state index in [9.17, 15) is 0 Å².